The van der Waals surface area contributed by atoms with Crippen LogP contribution >= 0.6 is 0 Å². The van der Waals surface area contributed by atoms with Gasteiger partial charge in [0.25, 0.3) is 0 Å². The molecule has 1 aromatic carbocycles. The summed E-state index contributed by atoms with van der Waals surface area (Å²) >= 11 is 0. The lowest BCUT2D eigenvalue weighted by Crippen LogP contribution is -2.24. The van der Waals surface area contributed by atoms with Crippen LogP contribution in [0.3, 0.4) is 0 Å². The Balaban J connectivity index is 2.53. The Hall–Kier alpha value is -2.63. The summed E-state index contributed by atoms with van der Waals surface area (Å²) in [7, 11) is 0. The standard InChI is InChI=1S/C13H13N3O3/c1-8-3-5-10(6-4-8)12-14-7-11(13(18)19)16(12)15-9(2)17/h3-7H,1-2H3,(H,15,17)(H,18,19). The fourth-order valence-electron chi connectivity index (χ4n) is 1.68. The molecule has 6 nitrogen and oxygen atoms in total. The molecule has 0 unspecified atom stereocenters. The number of aromatic carboxylic acids is 1. The number of aromatic nitrogens is 2. The van der Waals surface area contributed by atoms with Gasteiger partial charge >= 0.3 is 5.97 Å². The molecule has 0 radical (unpaired) electrons. The van der Waals surface area contributed by atoms with Crippen LogP contribution in [0.25, 0.3) is 11.4 Å². The maximum Gasteiger partial charge on any atom is 0.356 e. The second-order valence-corrected chi connectivity index (χ2v) is 4.14. The third kappa shape index (κ3) is 2.62. The third-order valence-electron chi connectivity index (χ3n) is 2.56. The van der Waals surface area contributed by atoms with E-state index < -0.39 is 5.97 Å². The Bertz CT molecular complexity index is 629. The molecule has 0 aliphatic carbocycles. The predicted molar refractivity (Wildman–Crippen MR) is 69.4 cm³/mol. The van der Waals surface area contributed by atoms with Crippen LogP contribution in [-0.2, 0) is 4.79 Å². The quantitative estimate of drug-likeness (QED) is 0.877. The lowest BCUT2D eigenvalue weighted by Gasteiger charge is -2.10. The number of hydrogen-bond acceptors (Lipinski definition) is 3. The molecule has 0 spiro atoms. The van der Waals surface area contributed by atoms with E-state index in [9.17, 15) is 9.59 Å². The number of hydrogen-bond donors (Lipinski definition) is 2. The minimum Gasteiger partial charge on any atom is -0.476 e. The van der Waals surface area contributed by atoms with Crippen LogP contribution in [0.15, 0.2) is 30.5 Å². The largest absolute Gasteiger partial charge is 0.476 e. The van der Waals surface area contributed by atoms with Crippen LogP contribution in [0.4, 0.5) is 0 Å². The molecule has 1 amide bonds. The van der Waals surface area contributed by atoms with Crippen molar-refractivity contribution in [2.75, 3.05) is 5.43 Å². The van der Waals surface area contributed by atoms with Crippen molar-refractivity contribution in [3.05, 3.63) is 41.7 Å². The van der Waals surface area contributed by atoms with Gasteiger partial charge in [-0.3, -0.25) is 10.2 Å². The smallest absolute Gasteiger partial charge is 0.356 e. The number of carbonyl (C=O) groups excluding carboxylic acids is 1. The second-order valence-electron chi connectivity index (χ2n) is 4.14. The first-order chi connectivity index (χ1) is 8.99. The second kappa shape index (κ2) is 4.93. The monoisotopic (exact) mass is 259 g/mol. The third-order valence-corrected chi connectivity index (χ3v) is 2.56. The minimum absolute atomic E-state index is 0.0919. The highest BCUT2D eigenvalue weighted by Crippen LogP contribution is 2.19. The molecular formula is C13H13N3O3. The maximum atomic E-state index is 11.2. The van der Waals surface area contributed by atoms with Gasteiger partial charge in [0, 0.05) is 12.5 Å². The summed E-state index contributed by atoms with van der Waals surface area (Å²) in [5.41, 5.74) is 4.17. The molecule has 0 fully saturated rings. The van der Waals surface area contributed by atoms with Gasteiger partial charge in [-0.2, -0.15) is 0 Å². The Morgan fingerprint density at radius 3 is 2.42 bits per heavy atom. The van der Waals surface area contributed by atoms with E-state index in [2.05, 4.69) is 10.4 Å². The number of nitrogens with one attached hydrogen (secondary N) is 1. The molecule has 1 aromatic heterocycles. The lowest BCUT2D eigenvalue weighted by molar-refractivity contribution is -0.115. The van der Waals surface area contributed by atoms with Crippen molar-refractivity contribution in [2.24, 2.45) is 0 Å². The van der Waals surface area contributed by atoms with E-state index in [0.29, 0.717) is 5.82 Å². The van der Waals surface area contributed by atoms with Crippen molar-refractivity contribution >= 4 is 11.9 Å². The SMILES string of the molecule is CC(=O)Nn1c(C(=O)O)cnc1-c1ccc(C)cc1. The maximum absolute atomic E-state index is 11.2. The van der Waals surface area contributed by atoms with E-state index in [1.54, 1.807) is 0 Å². The van der Waals surface area contributed by atoms with Gasteiger partial charge < -0.3 is 5.11 Å². The van der Waals surface area contributed by atoms with Gasteiger partial charge in [0.1, 0.15) is 0 Å². The Morgan fingerprint density at radius 2 is 1.89 bits per heavy atom. The van der Waals surface area contributed by atoms with Gasteiger partial charge in [0.15, 0.2) is 11.5 Å². The molecule has 0 aliphatic rings. The molecule has 2 rings (SSSR count). The van der Waals surface area contributed by atoms with Gasteiger partial charge in [-0.05, 0) is 6.92 Å². The van der Waals surface area contributed by atoms with Crippen molar-refractivity contribution < 1.29 is 14.7 Å². The fraction of sp³-hybridized carbons (Fsp3) is 0.154. The van der Waals surface area contributed by atoms with Gasteiger partial charge in [-0.25, -0.2) is 14.5 Å². The number of carboxylic acid groups (broad SMARTS) is 1. The predicted octanol–water partition coefficient (Wildman–Crippen LogP) is 1.65. The number of aryl methyl sites for hydroxylation is 1. The number of carbonyl (C=O) groups is 2. The molecular weight excluding hydrogens is 246 g/mol. The van der Waals surface area contributed by atoms with E-state index in [1.807, 2.05) is 31.2 Å². The molecule has 0 bridgehead atoms. The first-order valence-corrected chi connectivity index (χ1v) is 5.64. The normalized spacial score (nSPS) is 10.2. The fourth-order valence-corrected chi connectivity index (χ4v) is 1.68. The lowest BCUT2D eigenvalue weighted by atomic mass is 10.1. The van der Waals surface area contributed by atoms with Gasteiger partial charge in [0.05, 0.1) is 6.20 Å². The van der Waals surface area contributed by atoms with E-state index >= 15 is 0 Å². The molecule has 2 aromatic rings. The highest BCUT2D eigenvalue weighted by Gasteiger charge is 2.17. The number of imidazole rings is 1. The number of amides is 1. The van der Waals surface area contributed by atoms with Gasteiger partial charge in [-0.15, -0.1) is 0 Å². The van der Waals surface area contributed by atoms with Crippen molar-refractivity contribution in [3.8, 4) is 11.4 Å². The molecule has 0 saturated carbocycles. The van der Waals surface area contributed by atoms with E-state index in [-0.39, 0.29) is 11.6 Å². The molecule has 0 saturated heterocycles. The zero-order valence-corrected chi connectivity index (χ0v) is 10.5. The molecule has 19 heavy (non-hydrogen) atoms. The summed E-state index contributed by atoms with van der Waals surface area (Å²) in [5.74, 6) is -1.14. The molecule has 0 aliphatic heterocycles. The van der Waals surface area contributed by atoms with Crippen LogP contribution in [-0.4, -0.2) is 26.6 Å². The Labute approximate surface area is 109 Å². The summed E-state index contributed by atoms with van der Waals surface area (Å²) in [6.45, 7) is 3.26. The number of carboxylic acids is 1. The molecule has 0 atom stereocenters. The molecule has 2 N–H and O–H groups in total. The topological polar surface area (TPSA) is 84.2 Å². The van der Waals surface area contributed by atoms with Crippen molar-refractivity contribution in [3.63, 3.8) is 0 Å². The highest BCUT2D eigenvalue weighted by atomic mass is 16.4. The summed E-state index contributed by atoms with van der Waals surface area (Å²) in [6.07, 6.45) is 1.22. The van der Waals surface area contributed by atoms with Gasteiger partial charge in [0.2, 0.25) is 5.91 Å². The molecule has 98 valence electrons. The highest BCUT2D eigenvalue weighted by molar-refractivity contribution is 5.89. The van der Waals surface area contributed by atoms with Crippen molar-refractivity contribution in [2.45, 2.75) is 13.8 Å². The summed E-state index contributed by atoms with van der Waals surface area (Å²) < 4.78 is 1.18. The first-order valence-electron chi connectivity index (χ1n) is 5.64. The zero-order chi connectivity index (χ0) is 14.0. The van der Waals surface area contributed by atoms with E-state index in [4.69, 9.17) is 5.11 Å². The summed E-state index contributed by atoms with van der Waals surface area (Å²) in [5, 5.41) is 9.07. The first kappa shape index (κ1) is 12.8. The van der Waals surface area contributed by atoms with E-state index in [1.165, 1.54) is 17.8 Å². The summed E-state index contributed by atoms with van der Waals surface area (Å²) in [4.78, 5) is 26.3. The molecule has 6 heteroatoms. The van der Waals surface area contributed by atoms with Crippen LogP contribution in [0.5, 0.6) is 0 Å². The average molecular weight is 259 g/mol. The van der Waals surface area contributed by atoms with Gasteiger partial charge in [-0.1, -0.05) is 29.8 Å². The molecule has 1 heterocycles. The van der Waals surface area contributed by atoms with Crippen LogP contribution in [0.2, 0.25) is 0 Å². The van der Waals surface area contributed by atoms with Crippen molar-refractivity contribution in [1.82, 2.24) is 9.66 Å². The number of nitrogens with zero attached hydrogens (tertiary/aromatic N) is 2. The van der Waals surface area contributed by atoms with Crippen LogP contribution in [0, 0.1) is 6.92 Å². The minimum atomic E-state index is -1.15. The van der Waals surface area contributed by atoms with Crippen LogP contribution < -0.4 is 5.43 Å². The summed E-state index contributed by atoms with van der Waals surface area (Å²) in [6, 6.07) is 7.42. The Morgan fingerprint density at radius 1 is 1.26 bits per heavy atom. The number of rotatable bonds is 3. The van der Waals surface area contributed by atoms with Crippen molar-refractivity contribution in [1.29, 1.82) is 0 Å². The number of benzene rings is 1. The van der Waals surface area contributed by atoms with E-state index in [0.717, 1.165) is 11.1 Å². The van der Waals surface area contributed by atoms with Crippen LogP contribution in [0.1, 0.15) is 23.0 Å². The average Bonchev–Trinajstić information content (AvgIpc) is 2.73. The Kier molecular flexibility index (Phi) is 3.33. The zero-order valence-electron chi connectivity index (χ0n) is 10.5.